The van der Waals surface area contributed by atoms with Crippen molar-refractivity contribution in [3.63, 3.8) is 0 Å². The number of hydrogen-bond acceptors (Lipinski definition) is 3. The molecule has 18 heavy (non-hydrogen) atoms. The monoisotopic (exact) mass is 242 g/mol. The molecule has 0 radical (unpaired) electrons. The molecule has 3 nitrogen and oxygen atoms in total. The molecule has 3 unspecified atom stereocenters. The first-order chi connectivity index (χ1) is 8.74. The highest BCUT2D eigenvalue weighted by Gasteiger charge is 2.28. The van der Waals surface area contributed by atoms with E-state index >= 15 is 0 Å². The Kier molecular flexibility index (Phi) is 3.02. The standard InChI is InChI=1S/C15H18N2O/c1-10-6-13(9-18-10)15(16)12-7-11-4-2-3-5-14(11)17-8-12/h2-5,7-8,10,13,15H,6,9,16H2,1H3. The van der Waals surface area contributed by atoms with Crippen LogP contribution in [-0.2, 0) is 4.74 Å². The highest BCUT2D eigenvalue weighted by atomic mass is 16.5. The van der Waals surface area contributed by atoms with E-state index < -0.39 is 0 Å². The Morgan fingerprint density at radius 2 is 2.22 bits per heavy atom. The van der Waals surface area contributed by atoms with Crippen LogP contribution < -0.4 is 5.73 Å². The molecule has 0 amide bonds. The molecule has 1 fully saturated rings. The lowest BCUT2D eigenvalue weighted by atomic mass is 9.92. The fourth-order valence-electron chi connectivity index (χ4n) is 2.64. The summed E-state index contributed by atoms with van der Waals surface area (Å²) >= 11 is 0. The second kappa shape index (κ2) is 4.67. The van der Waals surface area contributed by atoms with Crippen LogP contribution in [0.2, 0.25) is 0 Å². The maximum Gasteiger partial charge on any atom is 0.0702 e. The van der Waals surface area contributed by atoms with Gasteiger partial charge in [0, 0.05) is 23.5 Å². The molecule has 1 aliphatic heterocycles. The van der Waals surface area contributed by atoms with Gasteiger partial charge >= 0.3 is 0 Å². The summed E-state index contributed by atoms with van der Waals surface area (Å²) in [6.45, 7) is 2.86. The third-order valence-electron chi connectivity index (χ3n) is 3.73. The van der Waals surface area contributed by atoms with Crippen molar-refractivity contribution in [2.75, 3.05) is 6.61 Å². The van der Waals surface area contributed by atoms with Gasteiger partial charge in [0.05, 0.1) is 18.2 Å². The minimum absolute atomic E-state index is 0.0204. The van der Waals surface area contributed by atoms with Crippen LogP contribution in [0.3, 0.4) is 0 Å². The summed E-state index contributed by atoms with van der Waals surface area (Å²) in [7, 11) is 0. The SMILES string of the molecule is CC1CC(C(N)c2cnc3ccccc3c2)CO1. The molecule has 94 valence electrons. The van der Waals surface area contributed by atoms with Crippen molar-refractivity contribution < 1.29 is 4.74 Å². The number of benzene rings is 1. The minimum atomic E-state index is 0.0204. The van der Waals surface area contributed by atoms with Gasteiger partial charge in [0.2, 0.25) is 0 Å². The van der Waals surface area contributed by atoms with Gasteiger partial charge in [-0.25, -0.2) is 0 Å². The van der Waals surface area contributed by atoms with Crippen molar-refractivity contribution in [2.24, 2.45) is 11.7 Å². The van der Waals surface area contributed by atoms with Gasteiger partial charge in [0.15, 0.2) is 0 Å². The highest BCUT2D eigenvalue weighted by molar-refractivity contribution is 5.78. The summed E-state index contributed by atoms with van der Waals surface area (Å²) in [6.07, 6.45) is 3.26. The van der Waals surface area contributed by atoms with E-state index in [0.29, 0.717) is 12.0 Å². The van der Waals surface area contributed by atoms with Gasteiger partial charge in [-0.2, -0.15) is 0 Å². The summed E-state index contributed by atoms with van der Waals surface area (Å²) < 4.78 is 5.60. The lowest BCUT2D eigenvalue weighted by Gasteiger charge is -2.18. The second-order valence-electron chi connectivity index (χ2n) is 5.13. The number of nitrogens with zero attached hydrogens (tertiary/aromatic N) is 1. The molecule has 0 bridgehead atoms. The van der Waals surface area contributed by atoms with Crippen LogP contribution in [0.1, 0.15) is 24.9 Å². The maximum absolute atomic E-state index is 6.33. The zero-order chi connectivity index (χ0) is 12.5. The fraction of sp³-hybridized carbons (Fsp3) is 0.400. The Balaban J connectivity index is 1.89. The molecule has 3 rings (SSSR count). The van der Waals surface area contributed by atoms with Crippen LogP contribution in [0.15, 0.2) is 36.5 Å². The number of ether oxygens (including phenoxy) is 1. The second-order valence-corrected chi connectivity index (χ2v) is 5.13. The fourth-order valence-corrected chi connectivity index (χ4v) is 2.64. The Morgan fingerprint density at radius 3 is 3.00 bits per heavy atom. The van der Waals surface area contributed by atoms with Crippen molar-refractivity contribution >= 4 is 10.9 Å². The molecule has 1 saturated heterocycles. The van der Waals surface area contributed by atoms with Crippen LogP contribution in [0.4, 0.5) is 0 Å². The van der Waals surface area contributed by atoms with Crippen molar-refractivity contribution in [3.8, 4) is 0 Å². The van der Waals surface area contributed by atoms with Crippen LogP contribution in [0.25, 0.3) is 10.9 Å². The van der Waals surface area contributed by atoms with Crippen LogP contribution in [-0.4, -0.2) is 17.7 Å². The van der Waals surface area contributed by atoms with Crippen LogP contribution in [0.5, 0.6) is 0 Å². The molecule has 0 saturated carbocycles. The van der Waals surface area contributed by atoms with Gasteiger partial charge in [0.1, 0.15) is 0 Å². The van der Waals surface area contributed by atoms with E-state index in [1.54, 1.807) is 0 Å². The van der Waals surface area contributed by atoms with Crippen molar-refractivity contribution in [3.05, 3.63) is 42.1 Å². The van der Waals surface area contributed by atoms with Crippen LogP contribution >= 0.6 is 0 Å². The van der Waals surface area contributed by atoms with E-state index in [-0.39, 0.29) is 6.04 Å². The lowest BCUT2D eigenvalue weighted by Crippen LogP contribution is -2.21. The molecule has 1 aromatic carbocycles. The molecule has 2 aromatic rings. The molecular formula is C15H18N2O. The first-order valence-electron chi connectivity index (χ1n) is 6.46. The van der Waals surface area contributed by atoms with Gasteiger partial charge in [-0.3, -0.25) is 4.98 Å². The molecular weight excluding hydrogens is 224 g/mol. The van der Waals surface area contributed by atoms with Gasteiger partial charge in [0.25, 0.3) is 0 Å². The zero-order valence-electron chi connectivity index (χ0n) is 10.5. The van der Waals surface area contributed by atoms with E-state index in [1.807, 2.05) is 24.4 Å². The number of nitrogens with two attached hydrogens (primary N) is 1. The van der Waals surface area contributed by atoms with Crippen molar-refractivity contribution in [2.45, 2.75) is 25.5 Å². The molecule has 1 aliphatic rings. The Bertz CT molecular complexity index is 555. The normalized spacial score (nSPS) is 25.4. The van der Waals surface area contributed by atoms with Gasteiger partial charge in [-0.05, 0) is 31.0 Å². The Hall–Kier alpha value is -1.45. The number of pyridine rings is 1. The zero-order valence-corrected chi connectivity index (χ0v) is 10.5. The Morgan fingerprint density at radius 1 is 1.39 bits per heavy atom. The predicted molar refractivity (Wildman–Crippen MR) is 72.2 cm³/mol. The molecule has 0 spiro atoms. The molecule has 1 aromatic heterocycles. The molecule has 3 heteroatoms. The average Bonchev–Trinajstić information content (AvgIpc) is 2.84. The summed E-state index contributed by atoms with van der Waals surface area (Å²) in [5.41, 5.74) is 8.46. The minimum Gasteiger partial charge on any atom is -0.378 e. The molecule has 3 atom stereocenters. The average molecular weight is 242 g/mol. The van der Waals surface area contributed by atoms with Gasteiger partial charge in [-0.1, -0.05) is 18.2 Å². The topological polar surface area (TPSA) is 48.1 Å². The summed E-state index contributed by atoms with van der Waals surface area (Å²) in [5.74, 6) is 0.406. The smallest absolute Gasteiger partial charge is 0.0702 e. The quantitative estimate of drug-likeness (QED) is 0.880. The number of para-hydroxylation sites is 1. The largest absolute Gasteiger partial charge is 0.378 e. The first-order valence-corrected chi connectivity index (χ1v) is 6.46. The van der Waals surface area contributed by atoms with Crippen LogP contribution in [0, 0.1) is 5.92 Å². The van der Waals surface area contributed by atoms with E-state index in [2.05, 4.69) is 24.0 Å². The number of aromatic nitrogens is 1. The van der Waals surface area contributed by atoms with Gasteiger partial charge in [-0.15, -0.1) is 0 Å². The van der Waals surface area contributed by atoms with E-state index in [9.17, 15) is 0 Å². The molecule has 2 heterocycles. The lowest BCUT2D eigenvalue weighted by molar-refractivity contribution is 0.118. The number of fused-ring (bicyclic) bond motifs is 1. The first kappa shape index (κ1) is 11.6. The highest BCUT2D eigenvalue weighted by Crippen LogP contribution is 2.30. The maximum atomic E-state index is 6.33. The van der Waals surface area contributed by atoms with Crippen molar-refractivity contribution in [1.82, 2.24) is 4.98 Å². The molecule has 0 aliphatic carbocycles. The van der Waals surface area contributed by atoms with E-state index in [4.69, 9.17) is 10.5 Å². The number of hydrogen-bond donors (Lipinski definition) is 1. The summed E-state index contributed by atoms with van der Waals surface area (Å²) in [6, 6.07) is 10.3. The third-order valence-corrected chi connectivity index (χ3v) is 3.73. The van der Waals surface area contributed by atoms with Gasteiger partial charge < -0.3 is 10.5 Å². The summed E-state index contributed by atoms with van der Waals surface area (Å²) in [4.78, 5) is 4.47. The number of rotatable bonds is 2. The molecule has 2 N–H and O–H groups in total. The third kappa shape index (κ3) is 2.11. The predicted octanol–water partition coefficient (Wildman–Crippen LogP) is 2.66. The van der Waals surface area contributed by atoms with E-state index in [1.165, 1.54) is 0 Å². The van der Waals surface area contributed by atoms with Crippen molar-refractivity contribution in [1.29, 1.82) is 0 Å². The Labute approximate surface area is 107 Å². The van der Waals surface area contributed by atoms with E-state index in [0.717, 1.165) is 29.5 Å². The summed E-state index contributed by atoms with van der Waals surface area (Å²) in [5, 5.41) is 1.15.